The van der Waals surface area contributed by atoms with Crippen LogP contribution in [0, 0.1) is 0 Å². The fraction of sp³-hybridized carbons (Fsp3) is 0.350. The molecule has 1 amide bonds. The van der Waals surface area contributed by atoms with Crippen LogP contribution < -0.4 is 5.32 Å². The van der Waals surface area contributed by atoms with Crippen molar-refractivity contribution in [2.75, 3.05) is 0 Å². The summed E-state index contributed by atoms with van der Waals surface area (Å²) in [5.41, 5.74) is 0.375. The summed E-state index contributed by atoms with van der Waals surface area (Å²) in [6.45, 7) is 7.96. The van der Waals surface area contributed by atoms with Gasteiger partial charge in [0.25, 0.3) is 5.91 Å². The third kappa shape index (κ3) is 4.24. The van der Waals surface area contributed by atoms with Crippen molar-refractivity contribution < 1.29 is 14.1 Å². The third-order valence-electron chi connectivity index (χ3n) is 5.16. The highest BCUT2D eigenvalue weighted by Gasteiger charge is 2.54. The summed E-state index contributed by atoms with van der Waals surface area (Å²) in [5.74, 6) is -0.724. The van der Waals surface area contributed by atoms with E-state index in [9.17, 15) is 4.79 Å². The second-order valence-corrected chi connectivity index (χ2v) is 8.90. The van der Waals surface area contributed by atoms with E-state index in [4.69, 9.17) is 20.9 Å². The molecule has 1 N–H and O–H groups in total. The Hall–Kier alpha value is -1.34. The summed E-state index contributed by atoms with van der Waals surface area (Å²) < 4.78 is 13.1. The number of carbonyl (C=O) groups is 1. The number of amides is 1. The molecule has 0 aromatic heterocycles. The highest BCUT2D eigenvalue weighted by Crippen LogP contribution is 2.40. The maximum Gasteiger partial charge on any atom is 0.486 e. The Morgan fingerprint density at radius 2 is 1.67 bits per heavy atom. The standard InChI is InChI=1S/C20H22BBrClNO3/c1-19(2)20(3,4)27-21(26-19)17(13-8-6-5-7-9-13)24-18(25)15-12-14(23)10-11-16(15)22/h5-12,17H,1-4H3,(H,24,25)/t17-/m0/s1. The van der Waals surface area contributed by atoms with Crippen molar-refractivity contribution in [3.05, 3.63) is 69.2 Å². The van der Waals surface area contributed by atoms with Gasteiger partial charge in [-0.2, -0.15) is 0 Å². The Bertz CT molecular complexity index is 828. The quantitative estimate of drug-likeness (QED) is 0.651. The number of nitrogens with one attached hydrogen (secondary N) is 1. The number of carbonyl (C=O) groups excluding carboxylic acids is 1. The van der Waals surface area contributed by atoms with Crippen molar-refractivity contribution in [3.63, 3.8) is 0 Å². The maximum absolute atomic E-state index is 13.0. The van der Waals surface area contributed by atoms with Crippen molar-refractivity contribution in [1.29, 1.82) is 0 Å². The monoisotopic (exact) mass is 449 g/mol. The van der Waals surface area contributed by atoms with Crippen LogP contribution in [0.4, 0.5) is 0 Å². The third-order valence-corrected chi connectivity index (χ3v) is 6.09. The van der Waals surface area contributed by atoms with Gasteiger partial charge in [0.1, 0.15) is 0 Å². The molecular formula is C20H22BBrClNO3. The largest absolute Gasteiger partial charge is 0.486 e. The van der Waals surface area contributed by atoms with Crippen molar-refractivity contribution >= 4 is 40.6 Å². The first kappa shape index (κ1) is 20.4. The summed E-state index contributed by atoms with van der Waals surface area (Å²) in [5, 5.41) is 3.55. The molecule has 2 aromatic carbocycles. The average molecular weight is 451 g/mol. The van der Waals surface area contributed by atoms with E-state index in [1.165, 1.54) is 0 Å². The summed E-state index contributed by atoms with van der Waals surface area (Å²) in [7, 11) is -0.612. The lowest BCUT2D eigenvalue weighted by molar-refractivity contribution is 0.00578. The maximum atomic E-state index is 13.0. The predicted molar refractivity (Wildman–Crippen MR) is 112 cm³/mol. The summed E-state index contributed by atoms with van der Waals surface area (Å²) >= 11 is 9.48. The molecule has 0 spiro atoms. The molecule has 1 saturated heterocycles. The second-order valence-electron chi connectivity index (χ2n) is 7.61. The lowest BCUT2D eigenvalue weighted by Gasteiger charge is -2.32. The first-order valence-electron chi connectivity index (χ1n) is 8.77. The highest BCUT2D eigenvalue weighted by atomic mass is 79.9. The molecule has 0 unspecified atom stereocenters. The van der Waals surface area contributed by atoms with E-state index in [-0.39, 0.29) is 5.91 Å². The molecule has 27 heavy (non-hydrogen) atoms. The average Bonchev–Trinajstić information content (AvgIpc) is 2.83. The van der Waals surface area contributed by atoms with Gasteiger partial charge in [-0.3, -0.25) is 4.79 Å². The molecule has 1 fully saturated rings. The van der Waals surface area contributed by atoms with Crippen molar-refractivity contribution in [2.45, 2.75) is 44.8 Å². The minimum absolute atomic E-state index is 0.257. The van der Waals surface area contributed by atoms with E-state index in [0.717, 1.165) is 5.56 Å². The topological polar surface area (TPSA) is 47.6 Å². The van der Waals surface area contributed by atoms with Crippen LogP contribution in [0.5, 0.6) is 0 Å². The van der Waals surface area contributed by atoms with Crippen molar-refractivity contribution in [2.24, 2.45) is 0 Å². The first-order chi connectivity index (χ1) is 12.6. The van der Waals surface area contributed by atoms with Crippen LogP contribution >= 0.6 is 27.5 Å². The van der Waals surface area contributed by atoms with Gasteiger partial charge < -0.3 is 14.6 Å². The Labute approximate surface area is 173 Å². The zero-order valence-electron chi connectivity index (χ0n) is 15.8. The number of hydrogen-bond acceptors (Lipinski definition) is 3. The van der Waals surface area contributed by atoms with Gasteiger partial charge in [-0.05, 0) is 67.4 Å². The molecule has 3 rings (SSSR count). The smallest absolute Gasteiger partial charge is 0.402 e. The molecule has 0 bridgehead atoms. The van der Waals surface area contributed by atoms with Gasteiger partial charge in [0, 0.05) is 9.50 Å². The second kappa shape index (κ2) is 7.59. The SMILES string of the molecule is CC1(C)OB([C@@H](NC(=O)c2cc(Cl)ccc2Br)c2ccccc2)OC1(C)C. The molecule has 0 radical (unpaired) electrons. The molecular weight excluding hydrogens is 428 g/mol. The molecule has 1 atom stereocenters. The lowest BCUT2D eigenvalue weighted by atomic mass is 9.74. The van der Waals surface area contributed by atoms with Crippen LogP contribution in [0.15, 0.2) is 53.0 Å². The number of halogens is 2. The number of benzene rings is 2. The molecule has 1 aliphatic heterocycles. The van der Waals surface area contributed by atoms with Crippen LogP contribution in [0.3, 0.4) is 0 Å². The molecule has 0 aliphatic carbocycles. The Morgan fingerprint density at radius 1 is 1.07 bits per heavy atom. The van der Waals surface area contributed by atoms with Crippen LogP contribution in [0.25, 0.3) is 0 Å². The zero-order chi connectivity index (χ0) is 19.8. The van der Waals surface area contributed by atoms with Gasteiger partial charge >= 0.3 is 7.12 Å². The minimum Gasteiger partial charge on any atom is -0.402 e. The van der Waals surface area contributed by atoms with Crippen molar-refractivity contribution in [3.8, 4) is 0 Å². The Kier molecular flexibility index (Phi) is 5.73. The van der Waals surface area contributed by atoms with E-state index >= 15 is 0 Å². The lowest BCUT2D eigenvalue weighted by Crippen LogP contribution is -2.41. The van der Waals surface area contributed by atoms with Gasteiger partial charge in [-0.15, -0.1) is 0 Å². The Balaban J connectivity index is 1.92. The minimum atomic E-state index is -0.612. The van der Waals surface area contributed by atoms with Gasteiger partial charge in [-0.25, -0.2) is 0 Å². The van der Waals surface area contributed by atoms with Crippen LogP contribution in [-0.2, 0) is 9.31 Å². The van der Waals surface area contributed by atoms with Crippen molar-refractivity contribution in [1.82, 2.24) is 5.32 Å². The van der Waals surface area contributed by atoms with Gasteiger partial charge in [0.2, 0.25) is 0 Å². The molecule has 142 valence electrons. The van der Waals surface area contributed by atoms with Crippen LogP contribution in [0.2, 0.25) is 5.02 Å². The Morgan fingerprint density at radius 3 is 2.26 bits per heavy atom. The fourth-order valence-corrected chi connectivity index (χ4v) is 3.48. The molecule has 4 nitrogen and oxygen atoms in total. The normalized spacial score (nSPS) is 19.0. The zero-order valence-corrected chi connectivity index (χ0v) is 18.1. The van der Waals surface area contributed by atoms with E-state index in [1.54, 1.807) is 18.2 Å². The highest BCUT2D eigenvalue weighted by molar-refractivity contribution is 9.10. The van der Waals surface area contributed by atoms with Crippen LogP contribution in [-0.4, -0.2) is 24.2 Å². The molecule has 1 aliphatic rings. The molecule has 2 aromatic rings. The summed E-state index contributed by atoms with van der Waals surface area (Å²) in [6, 6.07) is 14.8. The van der Waals surface area contributed by atoms with Gasteiger partial charge in [0.15, 0.2) is 0 Å². The summed E-state index contributed by atoms with van der Waals surface area (Å²) in [4.78, 5) is 13.0. The van der Waals surface area contributed by atoms with Gasteiger partial charge in [0.05, 0.1) is 22.7 Å². The van der Waals surface area contributed by atoms with E-state index < -0.39 is 24.3 Å². The first-order valence-corrected chi connectivity index (χ1v) is 9.94. The van der Waals surface area contributed by atoms with E-state index in [2.05, 4.69) is 21.2 Å². The summed E-state index contributed by atoms with van der Waals surface area (Å²) in [6.07, 6.45) is 0. The van der Waals surface area contributed by atoms with E-state index in [0.29, 0.717) is 15.1 Å². The predicted octanol–water partition coefficient (Wildman–Crippen LogP) is 5.21. The number of hydrogen-bond donors (Lipinski definition) is 1. The van der Waals surface area contributed by atoms with Crippen LogP contribution in [0.1, 0.15) is 49.6 Å². The molecule has 0 saturated carbocycles. The molecule has 7 heteroatoms. The van der Waals surface area contributed by atoms with Gasteiger partial charge in [-0.1, -0.05) is 41.9 Å². The molecule has 1 heterocycles. The number of rotatable bonds is 4. The fourth-order valence-electron chi connectivity index (χ4n) is 2.88. The van der Waals surface area contributed by atoms with E-state index in [1.807, 2.05) is 58.0 Å².